The van der Waals surface area contributed by atoms with Gasteiger partial charge < -0.3 is 5.32 Å². The number of nitro groups is 1. The number of nitrogens with zero attached hydrogens (tertiary/aromatic N) is 2. The maximum absolute atomic E-state index is 12.2. The second kappa shape index (κ2) is 6.07. The molecular weight excluding hydrogens is 317 g/mol. The van der Waals surface area contributed by atoms with Gasteiger partial charge in [-0.3, -0.25) is 14.9 Å². The fraction of sp³-hybridized carbons (Fsp3) is 0.0769. The van der Waals surface area contributed by atoms with Crippen LogP contribution in [0.3, 0.4) is 0 Å². The van der Waals surface area contributed by atoms with Crippen molar-refractivity contribution in [2.75, 3.05) is 5.32 Å². The van der Waals surface area contributed by atoms with E-state index in [1.807, 2.05) is 0 Å². The Bertz CT molecular complexity index is 735. The number of nitro benzene ring substituents is 1. The number of rotatable bonds is 3. The van der Waals surface area contributed by atoms with Crippen LogP contribution in [0.1, 0.15) is 15.9 Å². The summed E-state index contributed by atoms with van der Waals surface area (Å²) in [6, 6.07) is 5.62. The predicted octanol–water partition coefficient (Wildman–Crippen LogP) is 3.86. The summed E-state index contributed by atoms with van der Waals surface area (Å²) < 4.78 is 0. The molecule has 0 bridgehead atoms. The minimum absolute atomic E-state index is 0.0153. The zero-order valence-corrected chi connectivity index (χ0v) is 12.3. The van der Waals surface area contributed by atoms with Crippen molar-refractivity contribution >= 4 is 40.5 Å². The van der Waals surface area contributed by atoms with Gasteiger partial charge in [-0.2, -0.15) is 0 Å². The average molecular weight is 326 g/mol. The third-order valence-corrected chi connectivity index (χ3v) is 3.26. The van der Waals surface area contributed by atoms with Gasteiger partial charge in [0.25, 0.3) is 11.6 Å². The standard InChI is InChI=1S/C13H9Cl2N3O3/c1-7-5-9(12(15)16-6-7)17-13(19)11-8(14)3-2-4-10(11)18(20)21/h2-6H,1H3,(H,17,19). The molecule has 0 saturated carbocycles. The van der Waals surface area contributed by atoms with Crippen LogP contribution in [-0.4, -0.2) is 15.8 Å². The highest BCUT2D eigenvalue weighted by Gasteiger charge is 2.24. The largest absolute Gasteiger partial charge is 0.319 e. The lowest BCUT2D eigenvalue weighted by atomic mass is 10.1. The van der Waals surface area contributed by atoms with Crippen LogP contribution in [0.5, 0.6) is 0 Å². The van der Waals surface area contributed by atoms with Crippen molar-refractivity contribution in [3.05, 3.63) is 61.9 Å². The van der Waals surface area contributed by atoms with E-state index in [9.17, 15) is 14.9 Å². The number of carbonyl (C=O) groups is 1. The van der Waals surface area contributed by atoms with Gasteiger partial charge in [0.05, 0.1) is 15.6 Å². The van der Waals surface area contributed by atoms with E-state index in [4.69, 9.17) is 23.2 Å². The molecule has 0 atom stereocenters. The number of aromatic nitrogens is 1. The lowest BCUT2D eigenvalue weighted by molar-refractivity contribution is -0.385. The van der Waals surface area contributed by atoms with Crippen molar-refractivity contribution in [2.24, 2.45) is 0 Å². The maximum atomic E-state index is 12.2. The van der Waals surface area contributed by atoms with Crippen LogP contribution in [0.15, 0.2) is 30.5 Å². The van der Waals surface area contributed by atoms with Gasteiger partial charge in [0, 0.05) is 12.3 Å². The van der Waals surface area contributed by atoms with Crippen molar-refractivity contribution in [3.63, 3.8) is 0 Å². The summed E-state index contributed by atoms with van der Waals surface area (Å²) in [5, 5.41) is 13.5. The molecule has 0 aliphatic rings. The van der Waals surface area contributed by atoms with Crippen LogP contribution in [0.4, 0.5) is 11.4 Å². The minimum atomic E-state index is -0.721. The molecule has 0 aliphatic carbocycles. The molecule has 108 valence electrons. The van der Waals surface area contributed by atoms with Crippen LogP contribution >= 0.6 is 23.2 Å². The van der Waals surface area contributed by atoms with Gasteiger partial charge in [0.2, 0.25) is 0 Å². The van der Waals surface area contributed by atoms with Crippen LogP contribution < -0.4 is 5.32 Å². The first kappa shape index (κ1) is 15.2. The monoisotopic (exact) mass is 325 g/mol. The minimum Gasteiger partial charge on any atom is -0.319 e. The first-order chi connectivity index (χ1) is 9.90. The highest BCUT2D eigenvalue weighted by molar-refractivity contribution is 6.36. The Hall–Kier alpha value is -2.18. The molecule has 1 amide bonds. The fourth-order valence-corrected chi connectivity index (χ4v) is 2.12. The molecule has 0 fully saturated rings. The highest BCUT2D eigenvalue weighted by atomic mass is 35.5. The van der Waals surface area contributed by atoms with Gasteiger partial charge in [0.1, 0.15) is 5.56 Å². The molecule has 2 aromatic rings. The van der Waals surface area contributed by atoms with Gasteiger partial charge in [-0.1, -0.05) is 29.3 Å². The van der Waals surface area contributed by atoms with E-state index in [2.05, 4.69) is 10.3 Å². The summed E-state index contributed by atoms with van der Waals surface area (Å²) in [5.41, 5.74) is 0.442. The molecular formula is C13H9Cl2N3O3. The second-order valence-electron chi connectivity index (χ2n) is 4.20. The number of nitrogens with one attached hydrogen (secondary N) is 1. The molecule has 0 aliphatic heterocycles. The molecule has 6 nitrogen and oxygen atoms in total. The van der Waals surface area contributed by atoms with Crippen molar-refractivity contribution in [1.82, 2.24) is 4.98 Å². The van der Waals surface area contributed by atoms with Crippen molar-refractivity contribution in [1.29, 1.82) is 0 Å². The van der Waals surface area contributed by atoms with Gasteiger partial charge in [-0.15, -0.1) is 0 Å². The maximum Gasteiger partial charge on any atom is 0.283 e. The van der Waals surface area contributed by atoms with E-state index in [0.29, 0.717) is 0 Å². The van der Waals surface area contributed by atoms with Crippen molar-refractivity contribution in [2.45, 2.75) is 6.92 Å². The molecule has 0 spiro atoms. The van der Waals surface area contributed by atoms with E-state index >= 15 is 0 Å². The normalized spacial score (nSPS) is 10.2. The Kier molecular flexibility index (Phi) is 4.40. The molecule has 21 heavy (non-hydrogen) atoms. The van der Waals surface area contributed by atoms with Crippen molar-refractivity contribution in [3.8, 4) is 0 Å². The third-order valence-electron chi connectivity index (χ3n) is 2.64. The zero-order valence-electron chi connectivity index (χ0n) is 10.8. The molecule has 1 aromatic heterocycles. The number of anilines is 1. The molecule has 1 aromatic carbocycles. The summed E-state index contributed by atoms with van der Waals surface area (Å²) in [5.74, 6) is -0.721. The Balaban J connectivity index is 2.42. The van der Waals surface area contributed by atoms with Crippen LogP contribution in [0, 0.1) is 17.0 Å². The van der Waals surface area contributed by atoms with E-state index < -0.39 is 10.8 Å². The molecule has 2 rings (SSSR count). The van der Waals surface area contributed by atoms with Gasteiger partial charge in [-0.25, -0.2) is 4.98 Å². The van der Waals surface area contributed by atoms with E-state index in [1.54, 1.807) is 13.0 Å². The first-order valence-corrected chi connectivity index (χ1v) is 6.52. The smallest absolute Gasteiger partial charge is 0.283 e. The fourth-order valence-electron chi connectivity index (χ4n) is 1.71. The Labute approximate surface area is 129 Å². The zero-order chi connectivity index (χ0) is 15.6. The van der Waals surface area contributed by atoms with Crippen LogP contribution in [-0.2, 0) is 0 Å². The number of hydrogen-bond acceptors (Lipinski definition) is 4. The highest BCUT2D eigenvalue weighted by Crippen LogP contribution is 2.28. The summed E-state index contributed by atoms with van der Waals surface area (Å²) in [6.07, 6.45) is 1.54. The topological polar surface area (TPSA) is 85.1 Å². The Morgan fingerprint density at radius 3 is 2.76 bits per heavy atom. The summed E-state index contributed by atoms with van der Waals surface area (Å²) >= 11 is 11.8. The van der Waals surface area contributed by atoms with Crippen LogP contribution in [0.2, 0.25) is 10.2 Å². The van der Waals surface area contributed by atoms with Gasteiger partial charge in [0.15, 0.2) is 5.15 Å². The van der Waals surface area contributed by atoms with E-state index in [1.165, 1.54) is 24.4 Å². The molecule has 1 N–H and O–H groups in total. The number of benzene rings is 1. The van der Waals surface area contributed by atoms with Gasteiger partial charge >= 0.3 is 0 Å². The third kappa shape index (κ3) is 3.29. The number of pyridine rings is 1. The average Bonchev–Trinajstić information content (AvgIpc) is 2.42. The molecule has 0 unspecified atom stereocenters. The number of halogens is 2. The molecule has 1 heterocycles. The number of carbonyl (C=O) groups excluding carboxylic acids is 1. The van der Waals surface area contributed by atoms with Crippen molar-refractivity contribution < 1.29 is 9.72 Å². The number of amides is 1. The number of aryl methyl sites for hydroxylation is 1. The second-order valence-corrected chi connectivity index (χ2v) is 4.96. The first-order valence-electron chi connectivity index (χ1n) is 5.76. The SMILES string of the molecule is Cc1cnc(Cl)c(NC(=O)c2c(Cl)cccc2[N+](=O)[O-])c1. The summed E-state index contributed by atoms with van der Waals surface area (Å²) in [4.78, 5) is 26.4. The molecule has 8 heteroatoms. The summed E-state index contributed by atoms with van der Waals surface area (Å²) in [7, 11) is 0. The molecule has 0 saturated heterocycles. The van der Waals surface area contributed by atoms with Gasteiger partial charge in [-0.05, 0) is 24.6 Å². The lowest BCUT2D eigenvalue weighted by Crippen LogP contribution is -2.15. The summed E-state index contributed by atoms with van der Waals surface area (Å²) in [6.45, 7) is 1.77. The molecule has 0 radical (unpaired) electrons. The predicted molar refractivity (Wildman–Crippen MR) is 80.0 cm³/mol. The van der Waals surface area contributed by atoms with Crippen LogP contribution in [0.25, 0.3) is 0 Å². The quantitative estimate of drug-likeness (QED) is 0.527. The van der Waals surface area contributed by atoms with E-state index in [0.717, 1.165) is 5.56 Å². The Morgan fingerprint density at radius 1 is 1.38 bits per heavy atom. The van der Waals surface area contributed by atoms with E-state index in [-0.39, 0.29) is 27.1 Å². The number of hydrogen-bond donors (Lipinski definition) is 1. The Morgan fingerprint density at radius 2 is 2.10 bits per heavy atom. The lowest BCUT2D eigenvalue weighted by Gasteiger charge is -2.09.